The molecule has 0 saturated heterocycles. The van der Waals surface area contributed by atoms with Gasteiger partial charge in [-0.1, -0.05) is 41.5 Å². The fraction of sp³-hybridized carbons (Fsp3) is 0.333. The van der Waals surface area contributed by atoms with E-state index < -0.39 is 0 Å². The summed E-state index contributed by atoms with van der Waals surface area (Å²) in [5.41, 5.74) is 3.92. The molecule has 1 aliphatic carbocycles. The van der Waals surface area contributed by atoms with E-state index in [1.54, 1.807) is 0 Å². The molecule has 1 fully saturated rings. The van der Waals surface area contributed by atoms with Crippen LogP contribution in [0.15, 0.2) is 29.8 Å². The van der Waals surface area contributed by atoms with Crippen molar-refractivity contribution in [1.82, 2.24) is 0 Å². The highest BCUT2D eigenvalue weighted by molar-refractivity contribution is 5.57. The number of aliphatic hydroxyl groups is 1. The normalized spacial score (nSPS) is 23.5. The van der Waals surface area contributed by atoms with Gasteiger partial charge in [-0.15, -0.1) is 0 Å². The smallest absolute Gasteiger partial charge is 0.0499 e. The molecule has 1 nitrogen and oxygen atoms in total. The average Bonchev–Trinajstić information content (AvgIpc) is 2.88. The minimum Gasteiger partial charge on any atom is -0.396 e. The summed E-state index contributed by atoms with van der Waals surface area (Å²) in [4.78, 5) is 0. The van der Waals surface area contributed by atoms with Crippen molar-refractivity contribution in [2.45, 2.75) is 13.3 Å². The fourth-order valence-electron chi connectivity index (χ4n) is 1.46. The lowest BCUT2D eigenvalue weighted by Gasteiger charge is -1.93. The monoisotopic (exact) mass is 174 g/mol. The van der Waals surface area contributed by atoms with Crippen LogP contribution in [0.4, 0.5) is 0 Å². The molecule has 1 N–H and O–H groups in total. The standard InChI is InChI=1S/C12H14O/c1-9-2-4-10(5-3-9)6-11-7-12(11)8-13/h2-6,12-13H,7-8H2,1H3/b11-6-. The third kappa shape index (κ3) is 1.99. The second-order valence-electron chi connectivity index (χ2n) is 3.71. The van der Waals surface area contributed by atoms with Gasteiger partial charge in [-0.25, -0.2) is 0 Å². The van der Waals surface area contributed by atoms with Crippen LogP contribution < -0.4 is 0 Å². The van der Waals surface area contributed by atoms with E-state index in [1.165, 1.54) is 16.7 Å². The lowest BCUT2D eigenvalue weighted by molar-refractivity contribution is 0.281. The van der Waals surface area contributed by atoms with Crippen LogP contribution in [0.1, 0.15) is 17.5 Å². The third-order valence-corrected chi connectivity index (χ3v) is 2.50. The molecule has 1 saturated carbocycles. The predicted octanol–water partition coefficient (Wildman–Crippen LogP) is 2.39. The Kier molecular flexibility index (Phi) is 2.19. The van der Waals surface area contributed by atoms with Gasteiger partial charge in [0.05, 0.1) is 0 Å². The number of aliphatic hydroxyl groups excluding tert-OH is 1. The Bertz CT molecular complexity index is 321. The topological polar surface area (TPSA) is 20.2 Å². The maximum Gasteiger partial charge on any atom is 0.0499 e. The second-order valence-corrected chi connectivity index (χ2v) is 3.71. The van der Waals surface area contributed by atoms with E-state index in [2.05, 4.69) is 37.3 Å². The van der Waals surface area contributed by atoms with Crippen molar-refractivity contribution in [3.05, 3.63) is 41.0 Å². The molecule has 2 rings (SSSR count). The van der Waals surface area contributed by atoms with Crippen molar-refractivity contribution in [2.24, 2.45) is 5.92 Å². The van der Waals surface area contributed by atoms with Crippen LogP contribution in [-0.4, -0.2) is 11.7 Å². The first-order valence-corrected chi connectivity index (χ1v) is 4.67. The first kappa shape index (κ1) is 8.52. The molecule has 0 amide bonds. The summed E-state index contributed by atoms with van der Waals surface area (Å²) in [7, 11) is 0. The van der Waals surface area contributed by atoms with Crippen LogP contribution in [0.5, 0.6) is 0 Å². The minimum atomic E-state index is 0.303. The van der Waals surface area contributed by atoms with Gasteiger partial charge in [-0.05, 0) is 18.9 Å². The summed E-state index contributed by atoms with van der Waals surface area (Å²) in [5.74, 6) is 0.446. The predicted molar refractivity (Wildman–Crippen MR) is 54.3 cm³/mol. The Morgan fingerprint density at radius 3 is 2.62 bits per heavy atom. The number of benzene rings is 1. The molecular formula is C12H14O. The zero-order valence-electron chi connectivity index (χ0n) is 7.83. The molecule has 1 heteroatoms. The summed E-state index contributed by atoms with van der Waals surface area (Å²) in [6.45, 7) is 2.39. The van der Waals surface area contributed by atoms with Crippen LogP contribution >= 0.6 is 0 Å². The molecular weight excluding hydrogens is 160 g/mol. The van der Waals surface area contributed by atoms with Crippen LogP contribution in [0.2, 0.25) is 0 Å². The summed E-state index contributed by atoms with van der Waals surface area (Å²) in [6.07, 6.45) is 3.25. The zero-order valence-corrected chi connectivity index (χ0v) is 7.83. The molecule has 1 atom stereocenters. The van der Waals surface area contributed by atoms with Crippen LogP contribution in [0.25, 0.3) is 6.08 Å². The number of aryl methyl sites for hydroxylation is 1. The average molecular weight is 174 g/mol. The largest absolute Gasteiger partial charge is 0.396 e. The highest BCUT2D eigenvalue weighted by Crippen LogP contribution is 2.38. The highest BCUT2D eigenvalue weighted by atomic mass is 16.3. The van der Waals surface area contributed by atoms with Crippen molar-refractivity contribution < 1.29 is 5.11 Å². The molecule has 1 aromatic rings. The number of rotatable bonds is 2. The van der Waals surface area contributed by atoms with Gasteiger partial charge in [-0.2, -0.15) is 0 Å². The molecule has 1 aliphatic rings. The molecule has 1 aromatic carbocycles. The number of hydrogen-bond acceptors (Lipinski definition) is 1. The van der Waals surface area contributed by atoms with Crippen molar-refractivity contribution >= 4 is 6.08 Å². The molecule has 0 aromatic heterocycles. The summed E-state index contributed by atoms with van der Waals surface area (Å²) in [5, 5.41) is 8.86. The van der Waals surface area contributed by atoms with E-state index in [0.29, 0.717) is 12.5 Å². The van der Waals surface area contributed by atoms with E-state index in [1.807, 2.05) is 0 Å². The van der Waals surface area contributed by atoms with Crippen molar-refractivity contribution in [3.8, 4) is 0 Å². The van der Waals surface area contributed by atoms with E-state index in [9.17, 15) is 0 Å². The summed E-state index contributed by atoms with van der Waals surface area (Å²) < 4.78 is 0. The SMILES string of the molecule is Cc1ccc(/C=C2/CC2CO)cc1. The summed E-state index contributed by atoms with van der Waals surface area (Å²) in [6, 6.07) is 8.47. The van der Waals surface area contributed by atoms with Gasteiger partial charge in [0, 0.05) is 12.5 Å². The molecule has 68 valence electrons. The van der Waals surface area contributed by atoms with E-state index in [4.69, 9.17) is 5.11 Å². The highest BCUT2D eigenvalue weighted by Gasteiger charge is 2.27. The first-order valence-electron chi connectivity index (χ1n) is 4.67. The van der Waals surface area contributed by atoms with Crippen LogP contribution in [0, 0.1) is 12.8 Å². The molecule has 0 spiro atoms. The van der Waals surface area contributed by atoms with Gasteiger partial charge in [-0.3, -0.25) is 0 Å². The Morgan fingerprint density at radius 1 is 1.38 bits per heavy atom. The molecule has 0 radical (unpaired) electrons. The van der Waals surface area contributed by atoms with Crippen LogP contribution in [0.3, 0.4) is 0 Å². The third-order valence-electron chi connectivity index (χ3n) is 2.50. The van der Waals surface area contributed by atoms with Gasteiger partial charge in [0.15, 0.2) is 0 Å². The number of hydrogen-bond donors (Lipinski definition) is 1. The van der Waals surface area contributed by atoms with Crippen molar-refractivity contribution in [3.63, 3.8) is 0 Å². The maximum absolute atomic E-state index is 8.86. The Morgan fingerprint density at radius 2 is 2.08 bits per heavy atom. The second kappa shape index (κ2) is 3.35. The van der Waals surface area contributed by atoms with Crippen molar-refractivity contribution in [1.29, 1.82) is 0 Å². The van der Waals surface area contributed by atoms with E-state index in [-0.39, 0.29) is 0 Å². The first-order chi connectivity index (χ1) is 6.29. The van der Waals surface area contributed by atoms with Gasteiger partial charge < -0.3 is 5.11 Å². The van der Waals surface area contributed by atoms with Gasteiger partial charge in [0.25, 0.3) is 0 Å². The Hall–Kier alpha value is -1.08. The van der Waals surface area contributed by atoms with E-state index >= 15 is 0 Å². The maximum atomic E-state index is 8.86. The Labute approximate surface area is 78.7 Å². The molecule has 0 heterocycles. The lowest BCUT2D eigenvalue weighted by atomic mass is 10.1. The molecule has 13 heavy (non-hydrogen) atoms. The van der Waals surface area contributed by atoms with Crippen LogP contribution in [-0.2, 0) is 0 Å². The van der Waals surface area contributed by atoms with E-state index in [0.717, 1.165) is 6.42 Å². The fourth-order valence-corrected chi connectivity index (χ4v) is 1.46. The van der Waals surface area contributed by atoms with Gasteiger partial charge in [0.2, 0.25) is 0 Å². The molecule has 1 unspecified atom stereocenters. The summed E-state index contributed by atoms with van der Waals surface area (Å²) >= 11 is 0. The minimum absolute atomic E-state index is 0.303. The molecule has 0 aliphatic heterocycles. The van der Waals surface area contributed by atoms with Crippen molar-refractivity contribution in [2.75, 3.05) is 6.61 Å². The Balaban J connectivity index is 2.11. The zero-order chi connectivity index (χ0) is 9.26. The van der Waals surface area contributed by atoms with Gasteiger partial charge in [0.1, 0.15) is 0 Å². The molecule has 0 bridgehead atoms. The van der Waals surface area contributed by atoms with Gasteiger partial charge >= 0.3 is 0 Å². The quantitative estimate of drug-likeness (QED) is 0.730. The lowest BCUT2D eigenvalue weighted by Crippen LogP contribution is -1.81.